The van der Waals surface area contributed by atoms with E-state index in [1.54, 1.807) is 11.8 Å². The van der Waals surface area contributed by atoms with E-state index in [2.05, 4.69) is 6.07 Å². The first kappa shape index (κ1) is 28.9. The van der Waals surface area contributed by atoms with Gasteiger partial charge < -0.3 is 18.8 Å². The molecule has 2 aromatic heterocycles. The number of hydrogen-bond donors (Lipinski definition) is 0. The van der Waals surface area contributed by atoms with Crippen molar-refractivity contribution in [3.8, 4) is 5.75 Å². The highest BCUT2D eigenvalue weighted by Crippen LogP contribution is 2.29. The number of carbonyl (C=O) groups is 2. The maximum Gasteiger partial charge on any atom is 0.416 e. The van der Waals surface area contributed by atoms with E-state index in [4.69, 9.17) is 19.2 Å². The molecule has 1 amide bonds. The van der Waals surface area contributed by atoms with Crippen molar-refractivity contribution >= 4 is 34.5 Å². The van der Waals surface area contributed by atoms with Crippen LogP contribution in [0.4, 0.5) is 10.6 Å². The SMILES string of the molecule is CCOC(=O)/C=C(\c1ccccc1)n1ccc2cc(OCCc3ccc4c(n3)N(C(=O)OC(C)(C)C)CCC4)ccc21. The lowest BCUT2D eigenvalue weighted by atomic mass is 10.1. The van der Waals surface area contributed by atoms with E-state index in [0.717, 1.165) is 52.0 Å². The summed E-state index contributed by atoms with van der Waals surface area (Å²) in [5, 5.41) is 0.984. The quantitative estimate of drug-likeness (QED) is 0.172. The van der Waals surface area contributed by atoms with E-state index in [9.17, 15) is 9.59 Å². The second-order valence-corrected chi connectivity index (χ2v) is 11.2. The van der Waals surface area contributed by atoms with Gasteiger partial charge in [0.05, 0.1) is 24.4 Å². The molecular formula is C34H37N3O5. The highest BCUT2D eigenvalue weighted by Gasteiger charge is 2.28. The van der Waals surface area contributed by atoms with Crippen molar-refractivity contribution in [3.63, 3.8) is 0 Å². The Morgan fingerprint density at radius 3 is 2.60 bits per heavy atom. The third-order valence-electron chi connectivity index (χ3n) is 6.87. The van der Waals surface area contributed by atoms with Crippen molar-refractivity contribution < 1.29 is 23.8 Å². The first-order valence-electron chi connectivity index (χ1n) is 14.4. The standard InChI is InChI=1S/C34H37N3O5/c1-5-40-31(38)23-30(24-10-7-6-8-11-24)36-20-17-26-22-28(15-16-29(26)36)41-21-18-27-14-13-25-12-9-19-37(32(25)35-27)33(39)42-34(2,3)4/h6-8,10-11,13-17,20,22-23H,5,9,12,18-19,21H2,1-4H3/b30-23+. The van der Waals surface area contributed by atoms with Crippen LogP contribution in [0.1, 0.15) is 50.9 Å². The summed E-state index contributed by atoms with van der Waals surface area (Å²) in [6.07, 6.45) is 5.47. The molecule has 4 aromatic rings. The number of fused-ring (bicyclic) bond motifs is 2. The van der Waals surface area contributed by atoms with E-state index < -0.39 is 5.60 Å². The third-order valence-corrected chi connectivity index (χ3v) is 6.87. The number of ether oxygens (including phenoxy) is 3. The molecule has 0 saturated heterocycles. The van der Waals surface area contributed by atoms with E-state index in [-0.39, 0.29) is 12.1 Å². The van der Waals surface area contributed by atoms with E-state index >= 15 is 0 Å². The predicted octanol–water partition coefficient (Wildman–Crippen LogP) is 6.80. The van der Waals surface area contributed by atoms with Crippen LogP contribution in [-0.4, -0.2) is 47.0 Å². The average molecular weight is 568 g/mol. The minimum Gasteiger partial charge on any atom is -0.493 e. The number of hydrogen-bond acceptors (Lipinski definition) is 6. The van der Waals surface area contributed by atoms with Crippen molar-refractivity contribution in [1.82, 2.24) is 9.55 Å². The number of benzene rings is 2. The molecule has 0 fully saturated rings. The Balaban J connectivity index is 1.30. The molecule has 0 N–H and O–H groups in total. The molecule has 1 aliphatic rings. The fraction of sp³-hybridized carbons (Fsp3) is 0.324. The van der Waals surface area contributed by atoms with Crippen LogP contribution in [0, 0.1) is 0 Å². The van der Waals surface area contributed by atoms with Crippen LogP contribution in [0.2, 0.25) is 0 Å². The second kappa shape index (κ2) is 12.5. The van der Waals surface area contributed by atoms with Crippen molar-refractivity contribution in [1.29, 1.82) is 0 Å². The molecule has 1 aliphatic heterocycles. The Morgan fingerprint density at radius 1 is 1.02 bits per heavy atom. The van der Waals surface area contributed by atoms with Crippen LogP contribution in [-0.2, 0) is 27.1 Å². The van der Waals surface area contributed by atoms with E-state index in [0.29, 0.717) is 32.0 Å². The molecule has 0 spiro atoms. The fourth-order valence-corrected chi connectivity index (χ4v) is 5.00. The molecule has 5 rings (SSSR count). The Hall–Kier alpha value is -4.59. The number of amides is 1. The van der Waals surface area contributed by atoms with Crippen molar-refractivity contribution in [3.05, 3.63) is 95.8 Å². The molecule has 42 heavy (non-hydrogen) atoms. The summed E-state index contributed by atoms with van der Waals surface area (Å²) in [4.78, 5) is 31.6. The van der Waals surface area contributed by atoms with Gasteiger partial charge in [-0.05, 0) is 82.0 Å². The van der Waals surface area contributed by atoms with Gasteiger partial charge >= 0.3 is 12.1 Å². The van der Waals surface area contributed by atoms with Gasteiger partial charge in [0.2, 0.25) is 0 Å². The van der Waals surface area contributed by atoms with Gasteiger partial charge in [-0.3, -0.25) is 4.90 Å². The van der Waals surface area contributed by atoms with Crippen LogP contribution >= 0.6 is 0 Å². The number of carbonyl (C=O) groups excluding carboxylic acids is 2. The van der Waals surface area contributed by atoms with Crippen LogP contribution in [0.5, 0.6) is 5.75 Å². The van der Waals surface area contributed by atoms with E-state index in [1.165, 1.54) is 6.08 Å². The molecule has 0 atom stereocenters. The summed E-state index contributed by atoms with van der Waals surface area (Å²) in [5.74, 6) is 1.04. The number of nitrogens with zero attached hydrogens (tertiary/aromatic N) is 3. The molecule has 0 bridgehead atoms. The largest absolute Gasteiger partial charge is 0.493 e. The lowest BCUT2D eigenvalue weighted by Crippen LogP contribution is -2.40. The first-order valence-corrected chi connectivity index (χ1v) is 14.4. The molecule has 2 aromatic carbocycles. The molecule has 0 saturated carbocycles. The summed E-state index contributed by atoms with van der Waals surface area (Å²) < 4.78 is 18.9. The lowest BCUT2D eigenvalue weighted by molar-refractivity contribution is -0.137. The highest BCUT2D eigenvalue weighted by molar-refractivity contribution is 5.95. The molecule has 0 unspecified atom stereocenters. The minimum atomic E-state index is -0.567. The van der Waals surface area contributed by atoms with Gasteiger partial charge in [0.15, 0.2) is 0 Å². The molecule has 8 heteroatoms. The zero-order chi connectivity index (χ0) is 29.7. The number of aryl methyl sites for hydroxylation is 1. The summed E-state index contributed by atoms with van der Waals surface area (Å²) in [7, 11) is 0. The molecule has 0 radical (unpaired) electrons. The van der Waals surface area contributed by atoms with Crippen molar-refractivity contribution in [2.45, 2.75) is 52.6 Å². The van der Waals surface area contributed by atoms with E-state index in [1.807, 2.05) is 92.2 Å². The van der Waals surface area contributed by atoms with Crippen LogP contribution in [0.3, 0.4) is 0 Å². The number of esters is 1. The molecule has 218 valence electrons. The summed E-state index contributed by atoms with van der Waals surface area (Å²) in [6, 6.07) is 21.7. The summed E-state index contributed by atoms with van der Waals surface area (Å²) >= 11 is 0. The van der Waals surface area contributed by atoms with Crippen LogP contribution in [0.15, 0.2) is 79.0 Å². The average Bonchev–Trinajstić information content (AvgIpc) is 3.38. The zero-order valence-electron chi connectivity index (χ0n) is 24.6. The zero-order valence-corrected chi connectivity index (χ0v) is 24.6. The van der Waals surface area contributed by atoms with Gasteiger partial charge in [0, 0.05) is 36.3 Å². The maximum absolute atomic E-state index is 12.8. The predicted molar refractivity (Wildman–Crippen MR) is 164 cm³/mol. The summed E-state index contributed by atoms with van der Waals surface area (Å²) in [5.41, 5.74) is 3.93. The second-order valence-electron chi connectivity index (χ2n) is 11.2. The van der Waals surface area contributed by atoms with Gasteiger partial charge in [-0.25, -0.2) is 14.6 Å². The number of aromatic nitrogens is 2. The number of pyridine rings is 1. The Labute approximate surface area is 246 Å². The summed E-state index contributed by atoms with van der Waals surface area (Å²) in [6.45, 7) is 8.73. The molecule has 0 aliphatic carbocycles. The number of anilines is 1. The van der Waals surface area contributed by atoms with Crippen molar-refractivity contribution in [2.75, 3.05) is 24.7 Å². The van der Waals surface area contributed by atoms with Gasteiger partial charge in [-0.15, -0.1) is 0 Å². The van der Waals surface area contributed by atoms with Crippen LogP contribution < -0.4 is 9.64 Å². The normalized spacial score (nSPS) is 13.5. The molecular weight excluding hydrogens is 530 g/mol. The third kappa shape index (κ3) is 6.82. The topological polar surface area (TPSA) is 82.9 Å². The van der Waals surface area contributed by atoms with Crippen LogP contribution in [0.25, 0.3) is 16.6 Å². The van der Waals surface area contributed by atoms with Gasteiger partial charge in [0.25, 0.3) is 0 Å². The lowest BCUT2D eigenvalue weighted by Gasteiger charge is -2.31. The Kier molecular flexibility index (Phi) is 8.61. The maximum atomic E-state index is 12.8. The smallest absolute Gasteiger partial charge is 0.416 e. The molecule has 8 nitrogen and oxygen atoms in total. The fourth-order valence-electron chi connectivity index (χ4n) is 5.00. The first-order chi connectivity index (χ1) is 20.2. The van der Waals surface area contributed by atoms with Crippen molar-refractivity contribution in [2.24, 2.45) is 0 Å². The minimum absolute atomic E-state index is 0.313. The Bertz CT molecular complexity index is 1600. The monoisotopic (exact) mass is 567 g/mol. The van der Waals surface area contributed by atoms with Gasteiger partial charge in [-0.1, -0.05) is 36.4 Å². The Morgan fingerprint density at radius 2 is 1.83 bits per heavy atom. The number of rotatable bonds is 8. The van der Waals surface area contributed by atoms with Gasteiger partial charge in [-0.2, -0.15) is 0 Å². The highest BCUT2D eigenvalue weighted by atomic mass is 16.6. The molecule has 3 heterocycles. The van der Waals surface area contributed by atoms with Gasteiger partial charge in [0.1, 0.15) is 17.2 Å².